The number of benzene rings is 1. The lowest BCUT2D eigenvalue weighted by Gasteiger charge is -2.10. The van der Waals surface area contributed by atoms with Crippen LogP contribution in [0.4, 0.5) is 11.5 Å². The molecule has 1 heterocycles. The molecule has 1 aromatic carbocycles. The fourth-order valence-corrected chi connectivity index (χ4v) is 1.92. The Bertz CT molecular complexity index is 641. The van der Waals surface area contributed by atoms with Gasteiger partial charge in [-0.05, 0) is 29.7 Å². The maximum atomic E-state index is 12.1. The molecule has 4 nitrogen and oxygen atoms in total. The van der Waals surface area contributed by atoms with Gasteiger partial charge in [0.05, 0.1) is 10.6 Å². The molecule has 0 saturated heterocycles. The summed E-state index contributed by atoms with van der Waals surface area (Å²) < 4.78 is 0. The summed E-state index contributed by atoms with van der Waals surface area (Å²) >= 11 is 5.86. The predicted molar refractivity (Wildman–Crippen MR) is 82.1 cm³/mol. The van der Waals surface area contributed by atoms with E-state index in [0.29, 0.717) is 11.5 Å². The lowest BCUT2D eigenvalue weighted by atomic mass is 10.0. The van der Waals surface area contributed by atoms with Crippen molar-refractivity contribution in [1.29, 1.82) is 0 Å². The number of pyridine rings is 1. The van der Waals surface area contributed by atoms with Gasteiger partial charge in [0.2, 0.25) is 0 Å². The average molecular weight is 290 g/mol. The highest BCUT2D eigenvalue weighted by molar-refractivity contribution is 6.33. The molecule has 0 unspecified atom stereocenters. The fraction of sp³-hybridized carbons (Fsp3) is 0.200. The van der Waals surface area contributed by atoms with Gasteiger partial charge in [-0.3, -0.25) is 4.79 Å². The average Bonchev–Trinajstić information content (AvgIpc) is 2.42. The van der Waals surface area contributed by atoms with Gasteiger partial charge >= 0.3 is 0 Å². The Balaban J connectivity index is 2.19. The second kappa shape index (κ2) is 5.92. The Hall–Kier alpha value is -2.07. The van der Waals surface area contributed by atoms with Crippen LogP contribution in [0.1, 0.15) is 35.7 Å². The van der Waals surface area contributed by atoms with Crippen molar-refractivity contribution in [1.82, 2.24) is 4.98 Å². The third-order valence-electron chi connectivity index (χ3n) is 2.94. The molecule has 0 aliphatic rings. The first kappa shape index (κ1) is 14.3. The molecule has 0 aliphatic heterocycles. The Morgan fingerprint density at radius 1 is 1.35 bits per heavy atom. The van der Waals surface area contributed by atoms with E-state index in [0.717, 1.165) is 11.3 Å². The number of nitrogens with one attached hydrogen (secondary N) is 1. The summed E-state index contributed by atoms with van der Waals surface area (Å²) in [6.07, 6.45) is 1.41. The van der Waals surface area contributed by atoms with E-state index >= 15 is 0 Å². The zero-order valence-electron chi connectivity index (χ0n) is 11.4. The van der Waals surface area contributed by atoms with Gasteiger partial charge in [-0.25, -0.2) is 4.98 Å². The number of rotatable bonds is 3. The van der Waals surface area contributed by atoms with Gasteiger partial charge in [-0.2, -0.15) is 0 Å². The zero-order valence-corrected chi connectivity index (χ0v) is 12.1. The minimum absolute atomic E-state index is 0.213. The van der Waals surface area contributed by atoms with Crippen molar-refractivity contribution in [2.75, 3.05) is 11.1 Å². The second-order valence-corrected chi connectivity index (χ2v) is 5.23. The SMILES string of the molecule is CC(C)c1cccc(NC(=O)c2cnc(N)c(Cl)c2)c1. The third-order valence-corrected chi connectivity index (χ3v) is 3.25. The lowest BCUT2D eigenvalue weighted by molar-refractivity contribution is 0.102. The molecule has 0 saturated carbocycles. The summed E-state index contributed by atoms with van der Waals surface area (Å²) in [6, 6.07) is 9.25. The van der Waals surface area contributed by atoms with Gasteiger partial charge in [0.25, 0.3) is 5.91 Å². The Morgan fingerprint density at radius 2 is 2.10 bits per heavy atom. The maximum absolute atomic E-state index is 12.1. The Morgan fingerprint density at radius 3 is 2.75 bits per heavy atom. The summed E-state index contributed by atoms with van der Waals surface area (Å²) in [4.78, 5) is 16.0. The maximum Gasteiger partial charge on any atom is 0.257 e. The normalized spacial score (nSPS) is 10.6. The van der Waals surface area contributed by atoms with E-state index in [-0.39, 0.29) is 16.7 Å². The van der Waals surface area contributed by atoms with Crippen LogP contribution < -0.4 is 11.1 Å². The number of nitrogens with zero attached hydrogens (tertiary/aromatic N) is 1. The quantitative estimate of drug-likeness (QED) is 0.905. The highest BCUT2D eigenvalue weighted by atomic mass is 35.5. The van der Waals surface area contributed by atoms with E-state index in [4.69, 9.17) is 17.3 Å². The van der Waals surface area contributed by atoms with Gasteiger partial charge < -0.3 is 11.1 Å². The molecule has 0 spiro atoms. The number of carbonyl (C=O) groups is 1. The molecule has 1 amide bonds. The van der Waals surface area contributed by atoms with E-state index < -0.39 is 0 Å². The largest absolute Gasteiger partial charge is 0.382 e. The number of amides is 1. The van der Waals surface area contributed by atoms with Crippen molar-refractivity contribution < 1.29 is 4.79 Å². The van der Waals surface area contributed by atoms with Crippen LogP contribution in [0, 0.1) is 0 Å². The molecule has 0 fully saturated rings. The predicted octanol–water partition coefficient (Wildman–Crippen LogP) is 3.69. The molecule has 1 aromatic heterocycles. The number of nitrogen functional groups attached to an aromatic ring is 1. The first-order chi connectivity index (χ1) is 9.47. The number of halogens is 1. The van der Waals surface area contributed by atoms with Crippen LogP contribution in [0.2, 0.25) is 5.02 Å². The van der Waals surface area contributed by atoms with Crippen LogP contribution in [0.3, 0.4) is 0 Å². The molecule has 0 radical (unpaired) electrons. The van der Waals surface area contributed by atoms with Gasteiger partial charge in [-0.1, -0.05) is 37.6 Å². The molecule has 3 N–H and O–H groups in total. The first-order valence-electron chi connectivity index (χ1n) is 6.29. The van der Waals surface area contributed by atoms with Crippen molar-refractivity contribution in [3.8, 4) is 0 Å². The molecule has 20 heavy (non-hydrogen) atoms. The number of hydrogen-bond donors (Lipinski definition) is 2. The van der Waals surface area contributed by atoms with E-state index in [1.807, 2.05) is 24.3 Å². The number of nitrogens with two attached hydrogens (primary N) is 1. The molecule has 0 bridgehead atoms. The van der Waals surface area contributed by atoms with Gasteiger partial charge in [-0.15, -0.1) is 0 Å². The van der Waals surface area contributed by atoms with Crippen molar-refractivity contribution in [3.05, 3.63) is 52.7 Å². The molecular weight excluding hydrogens is 274 g/mol. The number of aromatic nitrogens is 1. The van der Waals surface area contributed by atoms with Crippen molar-refractivity contribution >= 4 is 29.0 Å². The van der Waals surface area contributed by atoms with E-state index in [1.54, 1.807) is 0 Å². The summed E-state index contributed by atoms with van der Waals surface area (Å²) in [7, 11) is 0. The first-order valence-corrected chi connectivity index (χ1v) is 6.67. The van der Waals surface area contributed by atoms with Crippen molar-refractivity contribution in [2.45, 2.75) is 19.8 Å². The summed E-state index contributed by atoms with van der Waals surface area (Å²) in [5, 5.41) is 3.09. The summed E-state index contributed by atoms with van der Waals surface area (Å²) in [5.41, 5.74) is 7.80. The summed E-state index contributed by atoms with van der Waals surface area (Å²) in [6.45, 7) is 4.20. The Labute approximate surface area is 123 Å². The van der Waals surface area contributed by atoms with Crippen molar-refractivity contribution in [2.24, 2.45) is 0 Å². The molecule has 2 aromatic rings. The molecule has 0 atom stereocenters. The van der Waals surface area contributed by atoms with Gasteiger partial charge in [0.1, 0.15) is 5.82 Å². The van der Waals surface area contributed by atoms with Gasteiger partial charge in [0.15, 0.2) is 0 Å². The fourth-order valence-electron chi connectivity index (χ4n) is 1.75. The van der Waals surface area contributed by atoms with E-state index in [9.17, 15) is 4.79 Å². The lowest BCUT2D eigenvalue weighted by Crippen LogP contribution is -2.12. The second-order valence-electron chi connectivity index (χ2n) is 4.83. The van der Waals surface area contributed by atoms with E-state index in [1.165, 1.54) is 12.3 Å². The molecule has 104 valence electrons. The molecule has 2 rings (SSSR count). The number of carbonyl (C=O) groups excluding carboxylic acids is 1. The smallest absolute Gasteiger partial charge is 0.257 e. The molecule has 5 heteroatoms. The third kappa shape index (κ3) is 3.27. The highest BCUT2D eigenvalue weighted by Gasteiger charge is 2.09. The monoisotopic (exact) mass is 289 g/mol. The standard InChI is InChI=1S/C15H16ClN3O/c1-9(2)10-4-3-5-12(6-10)19-15(20)11-7-13(16)14(17)18-8-11/h3-9H,1-2H3,(H2,17,18)(H,19,20). The van der Waals surface area contributed by atoms with Crippen LogP contribution in [0.25, 0.3) is 0 Å². The minimum atomic E-state index is -0.264. The summed E-state index contributed by atoms with van der Waals surface area (Å²) in [5.74, 6) is 0.352. The highest BCUT2D eigenvalue weighted by Crippen LogP contribution is 2.20. The van der Waals surface area contributed by atoms with E-state index in [2.05, 4.69) is 24.1 Å². The van der Waals surface area contributed by atoms with Crippen LogP contribution in [0.5, 0.6) is 0 Å². The van der Waals surface area contributed by atoms with Crippen LogP contribution in [-0.4, -0.2) is 10.9 Å². The number of anilines is 2. The molecule has 0 aliphatic carbocycles. The van der Waals surface area contributed by atoms with Gasteiger partial charge in [0, 0.05) is 11.9 Å². The van der Waals surface area contributed by atoms with Crippen molar-refractivity contribution in [3.63, 3.8) is 0 Å². The topological polar surface area (TPSA) is 68.0 Å². The van der Waals surface area contributed by atoms with Crippen LogP contribution >= 0.6 is 11.6 Å². The molecular formula is C15H16ClN3O. The zero-order chi connectivity index (χ0) is 14.7. The van der Waals surface area contributed by atoms with Crippen LogP contribution in [0.15, 0.2) is 36.5 Å². The minimum Gasteiger partial charge on any atom is -0.382 e. The van der Waals surface area contributed by atoms with Crippen LogP contribution in [-0.2, 0) is 0 Å². The number of hydrogen-bond acceptors (Lipinski definition) is 3. The Kier molecular flexibility index (Phi) is 4.25.